The molecule has 1 heterocycles. The van der Waals surface area contributed by atoms with Crippen LogP contribution in [-0.4, -0.2) is 9.97 Å². The number of nitrogens with one attached hydrogen (secondary N) is 1. The number of aromatic amines is 1. The van der Waals surface area contributed by atoms with Crippen molar-refractivity contribution >= 4 is 11.6 Å². The van der Waals surface area contributed by atoms with Crippen LogP contribution in [0.3, 0.4) is 0 Å². The predicted octanol–water partition coefficient (Wildman–Crippen LogP) is 3.31. The van der Waals surface area contributed by atoms with Gasteiger partial charge < -0.3 is 10.7 Å². The molecule has 1 aromatic heterocycles. The van der Waals surface area contributed by atoms with Crippen molar-refractivity contribution in [2.75, 3.05) is 0 Å². The van der Waals surface area contributed by atoms with Crippen LogP contribution in [-0.2, 0) is 5.54 Å². The Balaban J connectivity index is 1.97. The van der Waals surface area contributed by atoms with Gasteiger partial charge in [-0.25, -0.2) is 4.98 Å². The molecule has 1 atom stereocenters. The van der Waals surface area contributed by atoms with Gasteiger partial charge in [-0.05, 0) is 31.7 Å². The van der Waals surface area contributed by atoms with Gasteiger partial charge in [0.25, 0.3) is 0 Å². The number of hydrogen-bond acceptors (Lipinski definition) is 2. The first kappa shape index (κ1) is 11.8. The minimum Gasteiger partial charge on any atom is -0.340 e. The molecular formula is C14H16ClN3. The molecule has 3 rings (SSSR count). The Morgan fingerprint density at radius 1 is 1.39 bits per heavy atom. The van der Waals surface area contributed by atoms with Gasteiger partial charge in [0.05, 0.1) is 17.4 Å². The third-order valence-corrected chi connectivity index (χ3v) is 4.01. The van der Waals surface area contributed by atoms with E-state index in [1.54, 1.807) is 0 Å². The van der Waals surface area contributed by atoms with Crippen LogP contribution in [0.15, 0.2) is 30.5 Å². The molecule has 0 bridgehead atoms. The Bertz CT molecular complexity index is 570. The van der Waals surface area contributed by atoms with E-state index in [1.165, 1.54) is 12.8 Å². The minimum atomic E-state index is -0.362. The lowest BCUT2D eigenvalue weighted by atomic mass is 9.97. The molecular weight excluding hydrogens is 246 g/mol. The summed E-state index contributed by atoms with van der Waals surface area (Å²) in [5.41, 5.74) is 7.87. The first-order chi connectivity index (χ1) is 8.59. The van der Waals surface area contributed by atoms with Crippen LogP contribution in [0.5, 0.6) is 0 Å². The van der Waals surface area contributed by atoms with E-state index in [2.05, 4.69) is 9.97 Å². The van der Waals surface area contributed by atoms with Crippen molar-refractivity contribution in [1.82, 2.24) is 9.97 Å². The third-order valence-electron chi connectivity index (χ3n) is 3.68. The second-order valence-corrected chi connectivity index (χ2v) is 5.59. The number of halogens is 1. The number of hydrogen-bond donors (Lipinski definition) is 2. The van der Waals surface area contributed by atoms with Gasteiger partial charge in [-0.2, -0.15) is 0 Å². The Morgan fingerprint density at radius 3 is 2.78 bits per heavy atom. The molecule has 2 aromatic rings. The van der Waals surface area contributed by atoms with Crippen LogP contribution < -0.4 is 5.73 Å². The van der Waals surface area contributed by atoms with Gasteiger partial charge in [0, 0.05) is 10.6 Å². The van der Waals surface area contributed by atoms with Gasteiger partial charge in [0.15, 0.2) is 0 Å². The van der Waals surface area contributed by atoms with Crippen LogP contribution in [0.25, 0.3) is 11.3 Å². The van der Waals surface area contributed by atoms with E-state index < -0.39 is 0 Å². The van der Waals surface area contributed by atoms with Crippen molar-refractivity contribution in [2.45, 2.75) is 25.3 Å². The zero-order valence-corrected chi connectivity index (χ0v) is 11.0. The fourth-order valence-electron chi connectivity index (χ4n) is 2.29. The molecule has 1 saturated carbocycles. The highest BCUT2D eigenvalue weighted by Gasteiger charge is 2.41. The van der Waals surface area contributed by atoms with Gasteiger partial charge in [0.2, 0.25) is 0 Å². The van der Waals surface area contributed by atoms with Gasteiger partial charge >= 0.3 is 0 Å². The highest BCUT2D eigenvalue weighted by molar-refractivity contribution is 6.33. The maximum atomic E-state index is 6.35. The summed E-state index contributed by atoms with van der Waals surface area (Å²) in [5.74, 6) is 1.39. The van der Waals surface area contributed by atoms with Crippen LogP contribution in [0.4, 0.5) is 0 Å². The van der Waals surface area contributed by atoms with E-state index >= 15 is 0 Å². The van der Waals surface area contributed by atoms with E-state index in [1.807, 2.05) is 37.4 Å². The molecule has 18 heavy (non-hydrogen) atoms. The molecule has 0 saturated heterocycles. The number of rotatable bonds is 3. The van der Waals surface area contributed by atoms with Crippen molar-refractivity contribution in [2.24, 2.45) is 11.7 Å². The van der Waals surface area contributed by atoms with Gasteiger partial charge in [-0.15, -0.1) is 0 Å². The average Bonchev–Trinajstić information content (AvgIpc) is 3.09. The average molecular weight is 262 g/mol. The van der Waals surface area contributed by atoms with Crippen molar-refractivity contribution in [1.29, 1.82) is 0 Å². The minimum absolute atomic E-state index is 0.362. The molecule has 0 spiro atoms. The number of nitrogens with two attached hydrogens (primary N) is 1. The number of H-pyrrole nitrogens is 1. The Labute approximate surface area is 111 Å². The summed E-state index contributed by atoms with van der Waals surface area (Å²) in [4.78, 5) is 7.74. The summed E-state index contributed by atoms with van der Waals surface area (Å²) >= 11 is 6.18. The van der Waals surface area contributed by atoms with Crippen molar-refractivity contribution in [3.63, 3.8) is 0 Å². The van der Waals surface area contributed by atoms with E-state index in [-0.39, 0.29) is 5.54 Å². The molecule has 0 aliphatic heterocycles. The molecule has 0 amide bonds. The lowest BCUT2D eigenvalue weighted by Crippen LogP contribution is -2.36. The molecule has 0 radical (unpaired) electrons. The smallest absolute Gasteiger partial charge is 0.126 e. The summed E-state index contributed by atoms with van der Waals surface area (Å²) in [6, 6.07) is 7.73. The van der Waals surface area contributed by atoms with E-state index in [0.717, 1.165) is 22.1 Å². The highest BCUT2D eigenvalue weighted by atomic mass is 35.5. The lowest BCUT2D eigenvalue weighted by Gasteiger charge is -2.21. The van der Waals surface area contributed by atoms with Crippen molar-refractivity contribution in [3.05, 3.63) is 41.3 Å². The highest BCUT2D eigenvalue weighted by Crippen LogP contribution is 2.43. The molecule has 1 unspecified atom stereocenters. The van der Waals surface area contributed by atoms with Gasteiger partial charge in [-0.1, -0.05) is 29.8 Å². The fraction of sp³-hybridized carbons (Fsp3) is 0.357. The second-order valence-electron chi connectivity index (χ2n) is 5.18. The molecule has 1 aromatic carbocycles. The summed E-state index contributed by atoms with van der Waals surface area (Å²) in [5, 5.41) is 0.720. The number of nitrogens with zero attached hydrogens (tertiary/aromatic N) is 1. The van der Waals surface area contributed by atoms with E-state index in [9.17, 15) is 0 Å². The maximum absolute atomic E-state index is 6.35. The third kappa shape index (κ3) is 1.93. The molecule has 94 valence electrons. The summed E-state index contributed by atoms with van der Waals surface area (Å²) in [6.07, 6.45) is 4.19. The topological polar surface area (TPSA) is 54.7 Å². The van der Waals surface area contributed by atoms with Gasteiger partial charge in [-0.3, -0.25) is 0 Å². The molecule has 1 aliphatic rings. The molecule has 1 fully saturated rings. The van der Waals surface area contributed by atoms with Crippen molar-refractivity contribution in [3.8, 4) is 11.3 Å². The Morgan fingerprint density at radius 2 is 2.11 bits per heavy atom. The van der Waals surface area contributed by atoms with Crippen LogP contribution >= 0.6 is 11.6 Å². The summed E-state index contributed by atoms with van der Waals surface area (Å²) < 4.78 is 0. The molecule has 1 aliphatic carbocycles. The zero-order chi connectivity index (χ0) is 12.8. The lowest BCUT2D eigenvalue weighted by molar-refractivity contribution is 0.404. The number of imidazole rings is 1. The van der Waals surface area contributed by atoms with Crippen LogP contribution in [0, 0.1) is 5.92 Å². The summed E-state index contributed by atoms with van der Waals surface area (Å²) in [6.45, 7) is 2.04. The standard InChI is InChI=1S/C14H16ClN3/c1-14(16,9-6-7-9)13-17-8-12(18-13)10-4-2-3-5-11(10)15/h2-5,8-9H,6-7,16H2,1H3,(H,17,18). The zero-order valence-electron chi connectivity index (χ0n) is 10.3. The second kappa shape index (κ2) is 4.11. The van der Waals surface area contributed by atoms with Crippen molar-refractivity contribution < 1.29 is 0 Å². The van der Waals surface area contributed by atoms with E-state index in [4.69, 9.17) is 17.3 Å². The van der Waals surface area contributed by atoms with Crippen LogP contribution in [0.2, 0.25) is 5.02 Å². The SMILES string of the molecule is CC(N)(c1ncc(-c2ccccc2Cl)[nH]1)C1CC1. The molecule has 4 heteroatoms. The Hall–Kier alpha value is -1.32. The quantitative estimate of drug-likeness (QED) is 0.891. The first-order valence-corrected chi connectivity index (χ1v) is 6.56. The predicted molar refractivity (Wildman–Crippen MR) is 73.3 cm³/mol. The summed E-state index contributed by atoms with van der Waals surface area (Å²) in [7, 11) is 0. The maximum Gasteiger partial charge on any atom is 0.126 e. The fourth-order valence-corrected chi connectivity index (χ4v) is 2.53. The number of benzene rings is 1. The normalized spacial score (nSPS) is 18.6. The Kier molecular flexibility index (Phi) is 2.68. The molecule has 3 N–H and O–H groups in total. The first-order valence-electron chi connectivity index (χ1n) is 6.18. The van der Waals surface area contributed by atoms with Gasteiger partial charge in [0.1, 0.15) is 5.82 Å². The molecule has 3 nitrogen and oxygen atoms in total. The number of aromatic nitrogens is 2. The van der Waals surface area contributed by atoms with E-state index in [0.29, 0.717) is 5.92 Å². The monoisotopic (exact) mass is 261 g/mol. The largest absolute Gasteiger partial charge is 0.340 e. The van der Waals surface area contributed by atoms with Crippen LogP contribution in [0.1, 0.15) is 25.6 Å².